The number of ether oxygens (including phenoxy) is 1. The van der Waals surface area contributed by atoms with Gasteiger partial charge in [0.25, 0.3) is 11.8 Å². The number of anilines is 1. The molecule has 9 nitrogen and oxygen atoms in total. The van der Waals surface area contributed by atoms with Crippen molar-refractivity contribution < 1.29 is 14.3 Å². The van der Waals surface area contributed by atoms with Crippen LogP contribution in [0, 0.1) is 0 Å². The second kappa shape index (κ2) is 8.09. The molecule has 0 saturated carbocycles. The van der Waals surface area contributed by atoms with E-state index in [1.807, 2.05) is 0 Å². The second-order valence-corrected chi connectivity index (χ2v) is 5.86. The molecule has 3 aromatic rings. The highest BCUT2D eigenvalue weighted by molar-refractivity contribution is 6.04. The summed E-state index contributed by atoms with van der Waals surface area (Å²) in [5.41, 5.74) is 1.88. The Morgan fingerprint density at radius 2 is 1.78 bits per heavy atom. The van der Waals surface area contributed by atoms with Crippen LogP contribution in [-0.2, 0) is 4.79 Å². The van der Waals surface area contributed by atoms with Gasteiger partial charge in [-0.3, -0.25) is 9.59 Å². The minimum atomic E-state index is -0.241. The van der Waals surface area contributed by atoms with Gasteiger partial charge in [-0.2, -0.15) is 0 Å². The van der Waals surface area contributed by atoms with Gasteiger partial charge in [-0.05, 0) is 59.0 Å². The summed E-state index contributed by atoms with van der Waals surface area (Å²) >= 11 is 0. The number of benzene rings is 2. The van der Waals surface area contributed by atoms with E-state index in [1.54, 1.807) is 62.6 Å². The van der Waals surface area contributed by atoms with Crippen molar-refractivity contribution in [2.45, 2.75) is 0 Å². The van der Waals surface area contributed by atoms with Gasteiger partial charge in [0, 0.05) is 25.3 Å². The van der Waals surface area contributed by atoms with Crippen LogP contribution >= 0.6 is 0 Å². The highest BCUT2D eigenvalue weighted by atomic mass is 16.5. The molecule has 0 saturated heterocycles. The molecule has 0 radical (unpaired) electrons. The molecule has 138 valence electrons. The molecule has 0 unspecified atom stereocenters. The molecule has 27 heavy (non-hydrogen) atoms. The monoisotopic (exact) mass is 366 g/mol. The normalized spacial score (nSPS) is 10.3. The van der Waals surface area contributed by atoms with E-state index >= 15 is 0 Å². The zero-order valence-electron chi connectivity index (χ0n) is 14.9. The van der Waals surface area contributed by atoms with Crippen LogP contribution in [0.15, 0.2) is 54.9 Å². The van der Waals surface area contributed by atoms with Gasteiger partial charge in [0.1, 0.15) is 12.1 Å². The summed E-state index contributed by atoms with van der Waals surface area (Å²) in [6.45, 7) is -0.0354. The highest BCUT2D eigenvalue weighted by Gasteiger charge is 2.08. The molecular weight excluding hydrogens is 348 g/mol. The van der Waals surface area contributed by atoms with Gasteiger partial charge in [-0.25, -0.2) is 4.68 Å². The van der Waals surface area contributed by atoms with Crippen LogP contribution in [0.25, 0.3) is 5.69 Å². The van der Waals surface area contributed by atoms with Crippen LogP contribution in [0.2, 0.25) is 0 Å². The number of tetrazole rings is 1. The number of nitrogens with one attached hydrogen (secondary N) is 1. The van der Waals surface area contributed by atoms with Crippen LogP contribution < -0.4 is 10.1 Å². The Labute approximate surface area is 155 Å². The smallest absolute Gasteiger partial charge is 0.259 e. The lowest BCUT2D eigenvalue weighted by Crippen LogP contribution is -2.27. The standard InChI is InChI=1S/C18H18N6O3/c1-23(2)17(25)11-27-16-9-5-14(6-10-16)20-18(26)13-3-7-15(8-4-13)24-12-19-21-22-24/h3-10,12H,11H2,1-2H3,(H,20,26). The molecule has 1 N–H and O–H groups in total. The first-order chi connectivity index (χ1) is 13.0. The summed E-state index contributed by atoms with van der Waals surface area (Å²) < 4.78 is 6.90. The number of carbonyl (C=O) groups is 2. The van der Waals surface area contributed by atoms with Gasteiger partial charge in [-0.15, -0.1) is 5.10 Å². The summed E-state index contributed by atoms with van der Waals surface area (Å²) in [7, 11) is 3.33. The Morgan fingerprint density at radius 3 is 2.37 bits per heavy atom. The second-order valence-electron chi connectivity index (χ2n) is 5.86. The topological polar surface area (TPSA) is 102 Å². The number of nitrogens with zero attached hydrogens (tertiary/aromatic N) is 5. The molecule has 0 bridgehead atoms. The van der Waals surface area contributed by atoms with E-state index in [0.29, 0.717) is 17.0 Å². The van der Waals surface area contributed by atoms with Gasteiger partial charge < -0.3 is 15.0 Å². The van der Waals surface area contributed by atoms with Crippen LogP contribution in [-0.4, -0.2) is 57.6 Å². The fourth-order valence-electron chi connectivity index (χ4n) is 2.16. The largest absolute Gasteiger partial charge is 0.484 e. The van der Waals surface area contributed by atoms with Crippen molar-refractivity contribution in [3.63, 3.8) is 0 Å². The van der Waals surface area contributed by atoms with E-state index in [2.05, 4.69) is 20.8 Å². The maximum absolute atomic E-state index is 12.3. The summed E-state index contributed by atoms with van der Waals surface area (Å²) in [6, 6.07) is 13.7. The third kappa shape index (κ3) is 4.66. The molecule has 9 heteroatoms. The molecule has 0 aliphatic rings. The lowest BCUT2D eigenvalue weighted by molar-refractivity contribution is -0.130. The SMILES string of the molecule is CN(C)C(=O)COc1ccc(NC(=O)c2ccc(-n3cnnn3)cc2)cc1. The van der Waals surface area contributed by atoms with E-state index in [-0.39, 0.29) is 18.4 Å². The fourth-order valence-corrected chi connectivity index (χ4v) is 2.16. The number of amides is 2. The Kier molecular flexibility index (Phi) is 5.41. The predicted molar refractivity (Wildman–Crippen MR) is 97.7 cm³/mol. The fraction of sp³-hybridized carbons (Fsp3) is 0.167. The number of carbonyl (C=O) groups excluding carboxylic acids is 2. The van der Waals surface area contributed by atoms with Crippen molar-refractivity contribution in [3.05, 3.63) is 60.4 Å². The Hall–Kier alpha value is -3.75. The number of aromatic nitrogens is 4. The summed E-state index contributed by atoms with van der Waals surface area (Å²) in [6.07, 6.45) is 1.48. The van der Waals surface area contributed by atoms with E-state index in [0.717, 1.165) is 5.69 Å². The number of rotatable bonds is 6. The van der Waals surface area contributed by atoms with Gasteiger partial charge in [-0.1, -0.05) is 0 Å². The van der Waals surface area contributed by atoms with Crippen molar-refractivity contribution in [2.24, 2.45) is 0 Å². The number of likely N-dealkylation sites (N-methyl/N-ethyl adjacent to an activating group) is 1. The highest BCUT2D eigenvalue weighted by Crippen LogP contribution is 2.17. The van der Waals surface area contributed by atoms with Crippen molar-refractivity contribution in [3.8, 4) is 11.4 Å². The number of hydrogen-bond acceptors (Lipinski definition) is 6. The third-order valence-electron chi connectivity index (χ3n) is 3.72. The molecule has 2 amide bonds. The van der Waals surface area contributed by atoms with Crippen molar-refractivity contribution in [1.82, 2.24) is 25.1 Å². The minimum Gasteiger partial charge on any atom is -0.484 e. The lowest BCUT2D eigenvalue weighted by Gasteiger charge is -2.12. The molecule has 0 spiro atoms. The Bertz CT molecular complexity index is 905. The van der Waals surface area contributed by atoms with Crippen LogP contribution in [0.3, 0.4) is 0 Å². The van der Waals surface area contributed by atoms with Crippen LogP contribution in [0.4, 0.5) is 5.69 Å². The lowest BCUT2D eigenvalue weighted by atomic mass is 10.2. The summed E-state index contributed by atoms with van der Waals surface area (Å²) in [4.78, 5) is 25.3. The van der Waals surface area contributed by atoms with Crippen molar-refractivity contribution in [1.29, 1.82) is 0 Å². The summed E-state index contributed by atoms with van der Waals surface area (Å²) in [5, 5.41) is 13.7. The average molecular weight is 366 g/mol. The Morgan fingerprint density at radius 1 is 1.07 bits per heavy atom. The van der Waals surface area contributed by atoms with E-state index < -0.39 is 0 Å². The van der Waals surface area contributed by atoms with Crippen LogP contribution in [0.1, 0.15) is 10.4 Å². The van der Waals surface area contributed by atoms with Crippen LogP contribution in [0.5, 0.6) is 5.75 Å². The van der Waals surface area contributed by atoms with E-state index in [4.69, 9.17) is 4.74 Å². The third-order valence-corrected chi connectivity index (χ3v) is 3.72. The molecule has 1 aromatic heterocycles. The maximum atomic E-state index is 12.3. The molecule has 0 atom stereocenters. The van der Waals surface area contributed by atoms with Gasteiger partial charge >= 0.3 is 0 Å². The Balaban J connectivity index is 1.58. The molecule has 0 fully saturated rings. The first-order valence-electron chi connectivity index (χ1n) is 8.11. The maximum Gasteiger partial charge on any atom is 0.259 e. The van der Waals surface area contributed by atoms with Gasteiger partial charge in [0.2, 0.25) is 0 Å². The zero-order valence-corrected chi connectivity index (χ0v) is 14.9. The van der Waals surface area contributed by atoms with Crippen molar-refractivity contribution >= 4 is 17.5 Å². The molecular formula is C18H18N6O3. The zero-order chi connectivity index (χ0) is 19.2. The molecule has 0 aliphatic heterocycles. The van der Waals surface area contributed by atoms with E-state index in [9.17, 15) is 9.59 Å². The van der Waals surface area contributed by atoms with E-state index in [1.165, 1.54) is 15.9 Å². The molecule has 0 aliphatic carbocycles. The average Bonchev–Trinajstić information content (AvgIpc) is 3.22. The van der Waals surface area contributed by atoms with Gasteiger partial charge in [0.15, 0.2) is 6.61 Å². The first kappa shape index (κ1) is 18.1. The number of hydrogen-bond donors (Lipinski definition) is 1. The van der Waals surface area contributed by atoms with Crippen molar-refractivity contribution in [2.75, 3.05) is 26.0 Å². The molecule has 1 heterocycles. The minimum absolute atomic E-state index is 0.0354. The predicted octanol–water partition coefficient (Wildman–Crippen LogP) is 1.38. The quantitative estimate of drug-likeness (QED) is 0.707. The van der Waals surface area contributed by atoms with Gasteiger partial charge in [0.05, 0.1) is 5.69 Å². The summed E-state index contributed by atoms with van der Waals surface area (Å²) in [5.74, 6) is 0.182. The molecule has 2 aromatic carbocycles. The first-order valence-corrected chi connectivity index (χ1v) is 8.11. The molecule has 3 rings (SSSR count).